The van der Waals surface area contributed by atoms with Crippen molar-refractivity contribution >= 4 is 16.7 Å². The summed E-state index contributed by atoms with van der Waals surface area (Å²) in [5.41, 5.74) is 0.821. The zero-order valence-corrected chi connectivity index (χ0v) is 16.9. The summed E-state index contributed by atoms with van der Waals surface area (Å²) in [7, 11) is 0. The predicted molar refractivity (Wildman–Crippen MR) is 110 cm³/mol. The minimum Gasteiger partial charge on any atom is -0.493 e. The summed E-state index contributed by atoms with van der Waals surface area (Å²) in [5.74, 6) is 0.00231. The number of aromatic nitrogens is 4. The number of aromatic hydroxyl groups is 1. The molecule has 0 spiro atoms. The van der Waals surface area contributed by atoms with Gasteiger partial charge in [-0.1, -0.05) is 29.4 Å². The topological polar surface area (TPSA) is 130 Å². The Hall–Kier alpha value is -4.39. The van der Waals surface area contributed by atoms with Crippen molar-refractivity contribution in [3.63, 3.8) is 0 Å². The van der Waals surface area contributed by atoms with Crippen LogP contribution in [-0.4, -0.2) is 41.7 Å². The molecule has 6 rings (SSSR count). The highest BCUT2D eigenvalue weighted by molar-refractivity contribution is 5.94. The molecule has 10 heteroatoms. The number of hydrogen-bond donors (Lipinski definition) is 1. The van der Waals surface area contributed by atoms with Crippen LogP contribution in [0.2, 0.25) is 0 Å². The van der Waals surface area contributed by atoms with Gasteiger partial charge in [-0.3, -0.25) is 9.36 Å². The molecule has 10 nitrogen and oxygen atoms in total. The van der Waals surface area contributed by atoms with E-state index < -0.39 is 11.7 Å². The largest absolute Gasteiger partial charge is 0.493 e. The first-order chi connectivity index (χ1) is 15.5. The summed E-state index contributed by atoms with van der Waals surface area (Å²) in [6.07, 6.45) is 1.97. The number of rotatable bonds is 2. The lowest BCUT2D eigenvalue weighted by atomic mass is 10.1. The van der Waals surface area contributed by atoms with E-state index in [1.165, 1.54) is 10.8 Å². The molecule has 4 aromatic rings. The molecule has 0 saturated carbocycles. The number of likely N-dealkylation sites (tertiary alicyclic amines) is 1. The van der Waals surface area contributed by atoms with Gasteiger partial charge in [-0.25, -0.2) is 14.3 Å². The van der Waals surface area contributed by atoms with Gasteiger partial charge in [0.2, 0.25) is 5.88 Å². The lowest BCUT2D eigenvalue weighted by molar-refractivity contribution is 0.0700. The highest BCUT2D eigenvalue weighted by Crippen LogP contribution is 2.49. The van der Waals surface area contributed by atoms with Crippen LogP contribution in [0, 0.1) is 18.3 Å². The molecule has 3 aromatic heterocycles. The van der Waals surface area contributed by atoms with E-state index in [9.17, 15) is 20.0 Å². The van der Waals surface area contributed by atoms with Crippen molar-refractivity contribution in [3.8, 4) is 17.6 Å². The first kappa shape index (κ1) is 18.4. The van der Waals surface area contributed by atoms with Crippen molar-refractivity contribution in [3.05, 3.63) is 69.9 Å². The van der Waals surface area contributed by atoms with Gasteiger partial charge in [-0.05, 0) is 13.3 Å². The third kappa shape index (κ3) is 2.27. The number of imidazole rings is 1. The van der Waals surface area contributed by atoms with Crippen LogP contribution in [-0.2, 0) is 0 Å². The van der Waals surface area contributed by atoms with E-state index in [4.69, 9.17) is 4.52 Å². The number of nitrogens with zero attached hydrogens (tertiary/aromatic N) is 6. The molecule has 1 amide bonds. The normalized spacial score (nSPS) is 18.8. The van der Waals surface area contributed by atoms with Gasteiger partial charge in [0.1, 0.15) is 23.2 Å². The Kier molecular flexibility index (Phi) is 3.62. The Morgan fingerprint density at radius 2 is 2.09 bits per heavy atom. The Labute approximate surface area is 180 Å². The minimum atomic E-state index is -0.448. The van der Waals surface area contributed by atoms with Crippen LogP contribution in [0.4, 0.5) is 0 Å². The number of amides is 1. The number of aryl methyl sites for hydroxylation is 1. The number of pyridine rings is 1. The summed E-state index contributed by atoms with van der Waals surface area (Å²) >= 11 is 0. The molecule has 1 saturated heterocycles. The van der Waals surface area contributed by atoms with Gasteiger partial charge in [0.05, 0.1) is 24.0 Å². The van der Waals surface area contributed by atoms with E-state index in [0.29, 0.717) is 40.9 Å². The maximum absolute atomic E-state index is 13.4. The first-order valence-electron chi connectivity index (χ1n) is 10.1. The van der Waals surface area contributed by atoms with Gasteiger partial charge in [0.25, 0.3) is 5.91 Å². The number of carbonyl (C=O) groups excluding carboxylic acids is 1. The number of hydrogen-bond acceptors (Lipinski definition) is 7. The van der Waals surface area contributed by atoms with Crippen LogP contribution in [0.1, 0.15) is 46.1 Å². The number of benzene rings is 1. The van der Waals surface area contributed by atoms with Crippen LogP contribution in [0.15, 0.2) is 45.8 Å². The Balaban J connectivity index is 1.50. The maximum atomic E-state index is 13.4. The molecule has 2 aliphatic heterocycles. The van der Waals surface area contributed by atoms with Crippen molar-refractivity contribution in [2.75, 3.05) is 6.54 Å². The monoisotopic (exact) mass is 428 g/mol. The third-order valence-electron chi connectivity index (χ3n) is 6.29. The average Bonchev–Trinajstić information content (AvgIpc) is 3.56. The summed E-state index contributed by atoms with van der Waals surface area (Å²) < 4.78 is 7.79. The highest BCUT2D eigenvalue weighted by Gasteiger charge is 2.49. The Morgan fingerprint density at radius 3 is 2.81 bits per heavy atom. The van der Waals surface area contributed by atoms with Crippen LogP contribution in [0.25, 0.3) is 16.5 Å². The Bertz CT molecular complexity index is 1540. The quantitative estimate of drug-likeness (QED) is 0.518. The van der Waals surface area contributed by atoms with Crippen LogP contribution >= 0.6 is 0 Å². The summed E-state index contributed by atoms with van der Waals surface area (Å²) in [5, 5.41) is 25.5. The smallest absolute Gasteiger partial charge is 0.336 e. The number of fused-ring (bicyclic) bond motifs is 6. The molecule has 5 heterocycles. The molecular formula is C22H16N6O4. The van der Waals surface area contributed by atoms with E-state index in [1.807, 2.05) is 0 Å². The van der Waals surface area contributed by atoms with E-state index >= 15 is 0 Å². The molecule has 2 unspecified atom stereocenters. The molecule has 158 valence electrons. The second kappa shape index (κ2) is 6.31. The van der Waals surface area contributed by atoms with Crippen molar-refractivity contribution in [2.24, 2.45) is 0 Å². The molecule has 1 N–H and O–H groups in total. The van der Waals surface area contributed by atoms with Gasteiger partial charge >= 0.3 is 5.69 Å². The fraction of sp³-hybridized carbons (Fsp3) is 0.227. The minimum absolute atomic E-state index is 0.199. The fourth-order valence-corrected chi connectivity index (χ4v) is 4.95. The highest BCUT2D eigenvalue weighted by atomic mass is 16.5. The lowest BCUT2D eigenvalue weighted by Gasteiger charge is -2.26. The van der Waals surface area contributed by atoms with Gasteiger partial charge in [-0.15, -0.1) is 0 Å². The van der Waals surface area contributed by atoms with E-state index in [-0.39, 0.29) is 29.2 Å². The van der Waals surface area contributed by atoms with Crippen molar-refractivity contribution in [2.45, 2.75) is 25.4 Å². The van der Waals surface area contributed by atoms with Crippen molar-refractivity contribution < 1.29 is 14.4 Å². The van der Waals surface area contributed by atoms with E-state index in [1.54, 1.807) is 46.7 Å². The summed E-state index contributed by atoms with van der Waals surface area (Å²) in [4.78, 5) is 32.1. The molecule has 0 radical (unpaired) electrons. The predicted octanol–water partition coefficient (Wildman–Crippen LogP) is 2.20. The fourth-order valence-electron chi connectivity index (χ4n) is 4.95. The molecule has 0 aliphatic carbocycles. The molecule has 1 fully saturated rings. The second-order valence-electron chi connectivity index (χ2n) is 8.03. The van der Waals surface area contributed by atoms with E-state index in [0.717, 1.165) is 0 Å². The zero-order chi connectivity index (χ0) is 22.1. The molecule has 2 aliphatic rings. The standard InChI is InChI=1S/C22H16N6O4/c1-11-6-15(25-32-11)20(29)26-10-12-7-17(26)19-21(30)28(22(31)27(12)19)18-9-24-16(8-23)13-4-2-3-5-14(13)18/h2-6,9,12,17,30H,7,10H2,1H3. The number of carbonyl (C=O) groups is 1. The van der Waals surface area contributed by atoms with Gasteiger partial charge in [-0.2, -0.15) is 5.26 Å². The summed E-state index contributed by atoms with van der Waals surface area (Å²) in [6.45, 7) is 2.05. The SMILES string of the molecule is Cc1cc(C(=O)N2CC3CC2c2c(O)n(-c4cnc(C#N)c5ccccc45)c(=O)n23)no1. The molecule has 1 aromatic carbocycles. The third-order valence-corrected chi connectivity index (χ3v) is 6.29. The average molecular weight is 428 g/mol. The van der Waals surface area contributed by atoms with Gasteiger partial charge in [0, 0.05) is 23.4 Å². The first-order valence-corrected chi connectivity index (χ1v) is 10.1. The summed E-state index contributed by atoms with van der Waals surface area (Å²) in [6, 6.07) is 10.0. The van der Waals surface area contributed by atoms with Crippen molar-refractivity contribution in [1.29, 1.82) is 5.26 Å². The van der Waals surface area contributed by atoms with Gasteiger partial charge < -0.3 is 14.5 Å². The van der Waals surface area contributed by atoms with Crippen LogP contribution in [0.3, 0.4) is 0 Å². The van der Waals surface area contributed by atoms with Crippen molar-refractivity contribution in [1.82, 2.24) is 24.2 Å². The second-order valence-corrected chi connectivity index (χ2v) is 8.03. The number of nitriles is 1. The molecular weight excluding hydrogens is 412 g/mol. The molecule has 32 heavy (non-hydrogen) atoms. The molecule has 2 bridgehead atoms. The van der Waals surface area contributed by atoms with Gasteiger partial charge in [0.15, 0.2) is 5.69 Å². The lowest BCUT2D eigenvalue weighted by Crippen LogP contribution is -2.38. The Morgan fingerprint density at radius 1 is 1.31 bits per heavy atom. The van der Waals surface area contributed by atoms with Crippen LogP contribution < -0.4 is 5.69 Å². The van der Waals surface area contributed by atoms with Crippen LogP contribution in [0.5, 0.6) is 5.88 Å². The maximum Gasteiger partial charge on any atom is 0.336 e. The molecule has 2 atom stereocenters. The zero-order valence-electron chi connectivity index (χ0n) is 16.9. The van der Waals surface area contributed by atoms with E-state index in [2.05, 4.69) is 16.2 Å².